The second-order valence-corrected chi connectivity index (χ2v) is 8.69. The van der Waals surface area contributed by atoms with Gasteiger partial charge in [-0.05, 0) is 61.9 Å². The zero-order chi connectivity index (χ0) is 24.2. The fraction of sp³-hybridized carbons (Fsp3) is 0.269. The van der Waals surface area contributed by atoms with Crippen molar-refractivity contribution in [2.45, 2.75) is 38.2 Å². The lowest BCUT2D eigenvalue weighted by atomic mass is 9.85. The van der Waals surface area contributed by atoms with Crippen molar-refractivity contribution in [3.63, 3.8) is 0 Å². The normalized spacial score (nSPS) is 17.7. The fourth-order valence-electron chi connectivity index (χ4n) is 4.33. The molecule has 8 nitrogen and oxygen atoms in total. The molecule has 0 unspecified atom stereocenters. The molecule has 1 aliphatic rings. The van der Waals surface area contributed by atoms with E-state index in [1.807, 2.05) is 24.3 Å². The van der Waals surface area contributed by atoms with Crippen LogP contribution >= 0.6 is 0 Å². The van der Waals surface area contributed by atoms with E-state index in [0.717, 1.165) is 42.5 Å². The minimum atomic E-state index is -0.734. The number of aromatic amines is 1. The molecule has 178 valence electrons. The third-order valence-corrected chi connectivity index (χ3v) is 6.18. The van der Waals surface area contributed by atoms with Crippen molar-refractivity contribution in [3.8, 4) is 39.9 Å². The summed E-state index contributed by atoms with van der Waals surface area (Å²) in [7, 11) is 0. The third-order valence-electron chi connectivity index (χ3n) is 6.18. The first kappa shape index (κ1) is 22.6. The van der Waals surface area contributed by atoms with Gasteiger partial charge in [0.15, 0.2) is 11.6 Å². The summed E-state index contributed by atoms with van der Waals surface area (Å²) in [6.45, 7) is 0. The van der Waals surface area contributed by atoms with Crippen molar-refractivity contribution >= 4 is 5.97 Å². The number of aromatic nitrogens is 5. The SMILES string of the molecule is O=C(O)CC1CCC(Oc2ccc(-c3ccc(-c4n[nH]c(-c5cccc(F)c5)n4)cn3)cn2)CC1. The number of hydrogen-bond acceptors (Lipinski definition) is 6. The number of pyridine rings is 2. The Morgan fingerprint density at radius 2 is 1.80 bits per heavy atom. The fourth-order valence-corrected chi connectivity index (χ4v) is 4.33. The number of carboxylic acid groups (broad SMARTS) is 1. The number of H-pyrrole nitrogens is 1. The molecule has 0 saturated heterocycles. The minimum Gasteiger partial charge on any atom is -0.481 e. The average Bonchev–Trinajstić information content (AvgIpc) is 3.36. The van der Waals surface area contributed by atoms with E-state index in [1.54, 1.807) is 24.5 Å². The number of nitrogens with zero attached hydrogens (tertiary/aromatic N) is 4. The van der Waals surface area contributed by atoms with Crippen molar-refractivity contribution in [1.82, 2.24) is 25.1 Å². The van der Waals surface area contributed by atoms with Gasteiger partial charge in [0.25, 0.3) is 0 Å². The molecule has 0 bridgehead atoms. The molecule has 9 heteroatoms. The monoisotopic (exact) mass is 473 g/mol. The smallest absolute Gasteiger partial charge is 0.303 e. The Morgan fingerprint density at radius 3 is 2.49 bits per heavy atom. The van der Waals surface area contributed by atoms with Crippen molar-refractivity contribution in [1.29, 1.82) is 0 Å². The van der Waals surface area contributed by atoms with Crippen LogP contribution in [0.5, 0.6) is 5.88 Å². The van der Waals surface area contributed by atoms with Gasteiger partial charge in [-0.2, -0.15) is 5.10 Å². The van der Waals surface area contributed by atoms with Gasteiger partial charge < -0.3 is 9.84 Å². The number of nitrogens with one attached hydrogen (secondary N) is 1. The minimum absolute atomic E-state index is 0.0643. The molecule has 0 radical (unpaired) electrons. The summed E-state index contributed by atoms with van der Waals surface area (Å²) in [5.74, 6) is 0.683. The maximum absolute atomic E-state index is 13.5. The van der Waals surface area contributed by atoms with Gasteiger partial charge in [-0.3, -0.25) is 14.9 Å². The van der Waals surface area contributed by atoms with E-state index in [-0.39, 0.29) is 24.3 Å². The molecule has 3 heterocycles. The van der Waals surface area contributed by atoms with E-state index in [4.69, 9.17) is 9.84 Å². The Kier molecular flexibility index (Phi) is 6.47. The molecule has 4 aromatic rings. The number of ether oxygens (including phenoxy) is 1. The second-order valence-electron chi connectivity index (χ2n) is 8.69. The number of halogens is 1. The molecule has 0 aliphatic heterocycles. The van der Waals surface area contributed by atoms with Gasteiger partial charge in [0.2, 0.25) is 5.88 Å². The first-order valence-corrected chi connectivity index (χ1v) is 11.5. The zero-order valence-corrected chi connectivity index (χ0v) is 18.9. The van der Waals surface area contributed by atoms with Crippen LogP contribution in [0.2, 0.25) is 0 Å². The number of benzene rings is 1. The highest BCUT2D eigenvalue weighted by atomic mass is 19.1. The third kappa shape index (κ3) is 5.51. The van der Waals surface area contributed by atoms with E-state index < -0.39 is 5.97 Å². The van der Waals surface area contributed by atoms with Crippen molar-refractivity contribution in [2.75, 3.05) is 0 Å². The van der Waals surface area contributed by atoms with Crippen LogP contribution in [0.4, 0.5) is 4.39 Å². The Labute approximate surface area is 201 Å². The van der Waals surface area contributed by atoms with Crippen LogP contribution in [0.3, 0.4) is 0 Å². The van der Waals surface area contributed by atoms with Gasteiger partial charge >= 0.3 is 5.97 Å². The second kappa shape index (κ2) is 10.0. The van der Waals surface area contributed by atoms with Gasteiger partial charge in [-0.15, -0.1) is 0 Å². The molecule has 0 spiro atoms. The van der Waals surface area contributed by atoms with Gasteiger partial charge in [0.05, 0.1) is 5.69 Å². The molecule has 3 aromatic heterocycles. The van der Waals surface area contributed by atoms with Gasteiger partial charge in [0.1, 0.15) is 11.9 Å². The van der Waals surface area contributed by atoms with Gasteiger partial charge in [-0.1, -0.05) is 12.1 Å². The van der Waals surface area contributed by atoms with Gasteiger partial charge in [0, 0.05) is 41.6 Å². The van der Waals surface area contributed by atoms with E-state index in [2.05, 4.69) is 25.1 Å². The quantitative estimate of drug-likeness (QED) is 0.382. The first-order valence-electron chi connectivity index (χ1n) is 11.5. The van der Waals surface area contributed by atoms with Crippen molar-refractivity contribution in [2.24, 2.45) is 5.92 Å². The first-order chi connectivity index (χ1) is 17.0. The summed E-state index contributed by atoms with van der Waals surface area (Å²) in [5.41, 5.74) is 2.96. The van der Waals surface area contributed by atoms with Crippen LogP contribution in [-0.2, 0) is 4.79 Å². The highest BCUT2D eigenvalue weighted by molar-refractivity contribution is 5.67. The van der Waals surface area contributed by atoms with Crippen LogP contribution in [0, 0.1) is 11.7 Å². The summed E-state index contributed by atoms with van der Waals surface area (Å²) in [4.78, 5) is 24.3. The Bertz CT molecular complexity index is 1300. The topological polar surface area (TPSA) is 114 Å². The van der Waals surface area contributed by atoms with E-state index in [0.29, 0.717) is 23.1 Å². The maximum atomic E-state index is 13.5. The number of rotatable bonds is 7. The van der Waals surface area contributed by atoms with Crippen LogP contribution in [0.15, 0.2) is 60.9 Å². The number of hydrogen-bond donors (Lipinski definition) is 2. The number of aliphatic carboxylic acids is 1. The molecule has 1 saturated carbocycles. The molecular formula is C26H24FN5O3. The molecule has 1 aliphatic carbocycles. The molecule has 0 atom stereocenters. The van der Waals surface area contributed by atoms with Crippen molar-refractivity contribution in [3.05, 3.63) is 66.7 Å². The van der Waals surface area contributed by atoms with Crippen LogP contribution in [0.1, 0.15) is 32.1 Å². The zero-order valence-electron chi connectivity index (χ0n) is 18.9. The van der Waals surface area contributed by atoms with Crippen molar-refractivity contribution < 1.29 is 19.0 Å². The highest BCUT2D eigenvalue weighted by Gasteiger charge is 2.24. The molecular weight excluding hydrogens is 449 g/mol. The molecule has 1 aromatic carbocycles. The lowest BCUT2D eigenvalue weighted by molar-refractivity contribution is -0.138. The Morgan fingerprint density at radius 1 is 1.00 bits per heavy atom. The summed E-state index contributed by atoms with van der Waals surface area (Å²) >= 11 is 0. The molecule has 35 heavy (non-hydrogen) atoms. The molecule has 1 fully saturated rings. The van der Waals surface area contributed by atoms with Gasteiger partial charge in [-0.25, -0.2) is 14.4 Å². The lowest BCUT2D eigenvalue weighted by Gasteiger charge is -2.27. The summed E-state index contributed by atoms with van der Waals surface area (Å²) in [6, 6.07) is 13.7. The molecule has 5 rings (SSSR count). The molecule has 2 N–H and O–H groups in total. The molecule has 0 amide bonds. The predicted molar refractivity (Wildman–Crippen MR) is 127 cm³/mol. The average molecular weight is 474 g/mol. The predicted octanol–water partition coefficient (Wildman–Crippen LogP) is 5.15. The number of carbonyl (C=O) groups is 1. The van der Waals surface area contributed by atoms with Crippen LogP contribution in [-0.4, -0.2) is 42.3 Å². The largest absolute Gasteiger partial charge is 0.481 e. The van der Waals surface area contributed by atoms with Crippen LogP contribution in [0.25, 0.3) is 34.0 Å². The van der Waals surface area contributed by atoms with Crippen LogP contribution < -0.4 is 4.74 Å². The Balaban J connectivity index is 1.20. The van der Waals surface area contributed by atoms with E-state index in [9.17, 15) is 9.18 Å². The van der Waals surface area contributed by atoms with E-state index >= 15 is 0 Å². The Hall–Kier alpha value is -4.14. The van der Waals surface area contributed by atoms with E-state index in [1.165, 1.54) is 12.1 Å². The highest BCUT2D eigenvalue weighted by Crippen LogP contribution is 2.30. The summed E-state index contributed by atoms with van der Waals surface area (Å²) in [5, 5.41) is 16.0. The summed E-state index contributed by atoms with van der Waals surface area (Å²) < 4.78 is 19.5. The standard InChI is InChI=1S/C26H24FN5O3/c27-20-3-1-2-17(13-20)25-30-26(32-31-25)19-6-10-22(28-15-19)18-7-11-23(29-14-18)35-21-8-4-16(5-9-21)12-24(33)34/h1-3,6-7,10-11,13-16,21H,4-5,8-9,12H2,(H,33,34)(H,30,31,32). The number of carboxylic acids is 1. The maximum Gasteiger partial charge on any atom is 0.303 e. The lowest BCUT2D eigenvalue weighted by Crippen LogP contribution is -2.25. The summed E-state index contributed by atoms with van der Waals surface area (Å²) in [6.07, 6.45) is 7.11.